The first kappa shape index (κ1) is 21.9. The minimum atomic E-state index is -0.250. The van der Waals surface area contributed by atoms with Crippen LogP contribution >= 0.6 is 0 Å². The van der Waals surface area contributed by atoms with Crippen molar-refractivity contribution in [3.8, 4) is 0 Å². The van der Waals surface area contributed by atoms with E-state index in [2.05, 4.69) is 15.5 Å². The molecule has 0 unspecified atom stereocenters. The van der Waals surface area contributed by atoms with Crippen molar-refractivity contribution in [2.24, 2.45) is 5.92 Å². The summed E-state index contributed by atoms with van der Waals surface area (Å²) in [5.41, 5.74) is 1.96. The molecule has 0 radical (unpaired) electrons. The van der Waals surface area contributed by atoms with Crippen molar-refractivity contribution in [3.63, 3.8) is 0 Å². The van der Waals surface area contributed by atoms with Gasteiger partial charge in [-0.15, -0.1) is 0 Å². The number of likely N-dealkylation sites (tertiary alicyclic amines) is 1. The number of anilines is 1. The van der Waals surface area contributed by atoms with Crippen molar-refractivity contribution < 1.29 is 18.7 Å². The van der Waals surface area contributed by atoms with Crippen molar-refractivity contribution >= 4 is 17.5 Å². The number of piperidine rings is 1. The SMILES string of the molecule is COCCNC(=O)c1ccccc1NC(=O)[C@@H]1CCCN(Cc2ccc(F)cc2)C1. The molecule has 3 rings (SSSR count). The van der Waals surface area contributed by atoms with Gasteiger partial charge in [-0.25, -0.2) is 4.39 Å². The number of nitrogens with one attached hydrogen (secondary N) is 2. The van der Waals surface area contributed by atoms with Crippen LogP contribution < -0.4 is 10.6 Å². The molecule has 2 aromatic carbocycles. The van der Waals surface area contributed by atoms with E-state index in [0.29, 0.717) is 37.5 Å². The summed E-state index contributed by atoms with van der Waals surface area (Å²) in [7, 11) is 1.57. The topological polar surface area (TPSA) is 70.7 Å². The largest absolute Gasteiger partial charge is 0.383 e. The third-order valence-corrected chi connectivity index (χ3v) is 5.22. The fraction of sp³-hybridized carbons (Fsp3) is 0.391. The van der Waals surface area contributed by atoms with Gasteiger partial charge >= 0.3 is 0 Å². The molecule has 0 aliphatic carbocycles. The fourth-order valence-electron chi connectivity index (χ4n) is 3.65. The van der Waals surface area contributed by atoms with E-state index < -0.39 is 0 Å². The van der Waals surface area contributed by atoms with E-state index in [-0.39, 0.29) is 23.5 Å². The van der Waals surface area contributed by atoms with Crippen molar-refractivity contribution in [1.82, 2.24) is 10.2 Å². The van der Waals surface area contributed by atoms with Crippen LogP contribution in [0.15, 0.2) is 48.5 Å². The lowest BCUT2D eigenvalue weighted by molar-refractivity contribution is -0.121. The third-order valence-electron chi connectivity index (χ3n) is 5.22. The van der Waals surface area contributed by atoms with Crippen LogP contribution in [0.2, 0.25) is 0 Å². The highest BCUT2D eigenvalue weighted by atomic mass is 19.1. The molecule has 2 N–H and O–H groups in total. The summed E-state index contributed by atoms with van der Waals surface area (Å²) < 4.78 is 18.1. The number of ether oxygens (including phenoxy) is 1. The summed E-state index contributed by atoms with van der Waals surface area (Å²) in [5.74, 6) is -0.746. The Morgan fingerprint density at radius 2 is 1.93 bits per heavy atom. The summed E-state index contributed by atoms with van der Waals surface area (Å²) in [6, 6.07) is 13.5. The van der Waals surface area contributed by atoms with Crippen molar-refractivity contribution in [3.05, 3.63) is 65.5 Å². The predicted molar refractivity (Wildman–Crippen MR) is 114 cm³/mol. The van der Waals surface area contributed by atoms with E-state index in [1.54, 1.807) is 43.5 Å². The summed E-state index contributed by atoms with van der Waals surface area (Å²) in [5, 5.41) is 5.72. The average Bonchev–Trinajstić information content (AvgIpc) is 2.76. The van der Waals surface area contributed by atoms with Gasteiger partial charge in [0.15, 0.2) is 0 Å². The first-order valence-electron chi connectivity index (χ1n) is 10.2. The van der Waals surface area contributed by atoms with Crippen LogP contribution in [0.1, 0.15) is 28.8 Å². The molecule has 2 amide bonds. The molecule has 1 fully saturated rings. The number of halogens is 1. The maximum Gasteiger partial charge on any atom is 0.253 e. The van der Waals surface area contributed by atoms with E-state index in [0.717, 1.165) is 24.9 Å². The van der Waals surface area contributed by atoms with E-state index in [1.165, 1.54) is 12.1 Å². The highest BCUT2D eigenvalue weighted by molar-refractivity contribution is 6.04. The number of hydrogen-bond acceptors (Lipinski definition) is 4. The van der Waals surface area contributed by atoms with E-state index in [1.807, 2.05) is 0 Å². The minimum Gasteiger partial charge on any atom is -0.383 e. The van der Waals surface area contributed by atoms with Crippen molar-refractivity contribution in [2.45, 2.75) is 19.4 Å². The summed E-state index contributed by atoms with van der Waals surface area (Å²) >= 11 is 0. The zero-order valence-corrected chi connectivity index (χ0v) is 17.2. The van der Waals surface area contributed by atoms with Gasteiger partial charge in [0.2, 0.25) is 5.91 Å². The summed E-state index contributed by atoms with van der Waals surface area (Å²) in [6.45, 7) is 3.04. The number of nitrogens with zero attached hydrogens (tertiary/aromatic N) is 1. The van der Waals surface area contributed by atoms with Crippen molar-refractivity contribution in [1.29, 1.82) is 0 Å². The van der Waals surface area contributed by atoms with E-state index in [4.69, 9.17) is 4.74 Å². The minimum absolute atomic E-state index is 0.0871. The molecular formula is C23H28FN3O3. The molecule has 0 aromatic heterocycles. The Morgan fingerprint density at radius 1 is 1.17 bits per heavy atom. The zero-order valence-electron chi connectivity index (χ0n) is 17.2. The Hall–Kier alpha value is -2.77. The van der Waals surface area contributed by atoms with Crippen LogP contribution in [0.3, 0.4) is 0 Å². The van der Waals surface area contributed by atoms with Gasteiger partial charge in [-0.05, 0) is 49.2 Å². The lowest BCUT2D eigenvalue weighted by Crippen LogP contribution is -2.40. The molecule has 1 saturated heterocycles. The van der Waals surface area contributed by atoms with E-state index >= 15 is 0 Å². The van der Waals surface area contributed by atoms with Crippen molar-refractivity contribution in [2.75, 3.05) is 38.7 Å². The zero-order chi connectivity index (χ0) is 21.3. The smallest absolute Gasteiger partial charge is 0.253 e. The first-order chi connectivity index (χ1) is 14.6. The number of hydrogen-bond donors (Lipinski definition) is 2. The lowest BCUT2D eigenvalue weighted by Gasteiger charge is -2.32. The van der Waals surface area contributed by atoms with Gasteiger partial charge in [0.1, 0.15) is 5.82 Å². The molecule has 160 valence electrons. The molecule has 6 nitrogen and oxygen atoms in total. The quantitative estimate of drug-likeness (QED) is 0.653. The Balaban J connectivity index is 1.60. The summed E-state index contributed by atoms with van der Waals surface area (Å²) in [6.07, 6.45) is 1.71. The van der Waals surface area contributed by atoms with E-state index in [9.17, 15) is 14.0 Å². The average molecular weight is 413 g/mol. The predicted octanol–water partition coefficient (Wildman–Crippen LogP) is 3.05. The molecule has 30 heavy (non-hydrogen) atoms. The number of carbonyl (C=O) groups excluding carboxylic acids is 2. The monoisotopic (exact) mass is 413 g/mol. The number of rotatable bonds is 8. The number of carbonyl (C=O) groups is 2. The third kappa shape index (κ3) is 6.11. The second-order valence-corrected chi connectivity index (χ2v) is 7.48. The number of amides is 2. The normalized spacial score (nSPS) is 16.8. The van der Waals surface area contributed by atoms with Gasteiger partial charge in [0.05, 0.1) is 23.8 Å². The van der Waals surface area contributed by atoms with Gasteiger partial charge in [-0.3, -0.25) is 14.5 Å². The molecule has 0 saturated carbocycles. The van der Waals surface area contributed by atoms with Gasteiger partial charge in [0.25, 0.3) is 5.91 Å². The molecule has 7 heteroatoms. The first-order valence-corrected chi connectivity index (χ1v) is 10.2. The number of methoxy groups -OCH3 is 1. The van der Waals surface area contributed by atoms with Gasteiger partial charge < -0.3 is 15.4 Å². The van der Waals surface area contributed by atoms with Crippen LogP contribution in [0.25, 0.3) is 0 Å². The van der Waals surface area contributed by atoms with Crippen LogP contribution in [-0.2, 0) is 16.1 Å². The molecule has 1 aliphatic rings. The van der Waals surface area contributed by atoms with Gasteiger partial charge in [-0.2, -0.15) is 0 Å². The van der Waals surface area contributed by atoms with Gasteiger partial charge in [-0.1, -0.05) is 24.3 Å². The Bertz CT molecular complexity index is 857. The molecule has 0 spiro atoms. The Kier molecular flexibility index (Phi) is 7.93. The summed E-state index contributed by atoms with van der Waals surface area (Å²) in [4.78, 5) is 27.5. The molecular weight excluding hydrogens is 385 g/mol. The van der Waals surface area contributed by atoms with Crippen LogP contribution in [-0.4, -0.2) is 50.1 Å². The Labute approximate surface area is 176 Å². The standard InChI is InChI=1S/C23H28FN3O3/c1-30-14-12-25-23(29)20-6-2-3-7-21(20)26-22(28)18-5-4-13-27(16-18)15-17-8-10-19(24)11-9-17/h2-3,6-11,18H,4-5,12-16H2,1H3,(H,25,29)(H,26,28)/t18-/m1/s1. The Morgan fingerprint density at radius 3 is 2.70 bits per heavy atom. The van der Waals surface area contributed by atoms with Crippen LogP contribution in [0, 0.1) is 11.7 Å². The molecule has 1 atom stereocenters. The number of benzene rings is 2. The second-order valence-electron chi connectivity index (χ2n) is 7.48. The molecule has 1 aliphatic heterocycles. The molecule has 2 aromatic rings. The maximum atomic E-state index is 13.1. The van der Waals surface area contributed by atoms with Crippen LogP contribution in [0.5, 0.6) is 0 Å². The second kappa shape index (κ2) is 10.8. The van der Waals surface area contributed by atoms with Gasteiger partial charge in [0, 0.05) is 26.7 Å². The van der Waals surface area contributed by atoms with Crippen LogP contribution in [0.4, 0.5) is 10.1 Å². The number of para-hydroxylation sites is 1. The molecule has 1 heterocycles. The maximum absolute atomic E-state index is 13.1. The highest BCUT2D eigenvalue weighted by Gasteiger charge is 2.26. The molecule has 0 bridgehead atoms. The lowest BCUT2D eigenvalue weighted by atomic mass is 9.96. The highest BCUT2D eigenvalue weighted by Crippen LogP contribution is 2.22. The fourth-order valence-corrected chi connectivity index (χ4v) is 3.65.